The minimum absolute atomic E-state index is 0.439. The molecule has 4 nitrogen and oxygen atoms in total. The number of nitrogens with zero attached hydrogens (tertiary/aromatic N) is 3. The van der Waals surface area contributed by atoms with Crippen LogP contribution >= 0.6 is 0 Å². The molecule has 0 fully saturated rings. The van der Waals surface area contributed by atoms with Crippen molar-refractivity contribution in [1.82, 2.24) is 15.0 Å². The average molecular weight is 257 g/mol. The molecule has 0 amide bonds. The summed E-state index contributed by atoms with van der Waals surface area (Å²) in [7, 11) is 0. The van der Waals surface area contributed by atoms with E-state index in [-0.39, 0.29) is 0 Å². The molecular formula is C15H19N3O. The van der Waals surface area contributed by atoms with Crippen molar-refractivity contribution in [2.45, 2.75) is 34.1 Å². The molecule has 0 saturated heterocycles. The zero-order chi connectivity index (χ0) is 14.0. The van der Waals surface area contributed by atoms with E-state index in [0.717, 1.165) is 29.7 Å². The van der Waals surface area contributed by atoms with Crippen LogP contribution in [0.1, 0.15) is 41.2 Å². The van der Waals surface area contributed by atoms with Crippen molar-refractivity contribution in [3.63, 3.8) is 0 Å². The van der Waals surface area contributed by atoms with E-state index in [0.29, 0.717) is 11.6 Å². The Hall–Kier alpha value is -1.97. The minimum atomic E-state index is 0.439. The molecule has 0 spiro atoms. The first-order valence-electron chi connectivity index (χ1n) is 6.50. The second kappa shape index (κ2) is 5.34. The van der Waals surface area contributed by atoms with Crippen LogP contribution in [0.2, 0.25) is 0 Å². The molecule has 1 aromatic carbocycles. The lowest BCUT2D eigenvalue weighted by molar-refractivity contribution is 0.111. The van der Waals surface area contributed by atoms with Crippen LogP contribution in [0.5, 0.6) is 0 Å². The molecule has 19 heavy (non-hydrogen) atoms. The maximum Gasteiger partial charge on any atom is 0.172 e. The van der Waals surface area contributed by atoms with Crippen LogP contribution in [0.4, 0.5) is 0 Å². The van der Waals surface area contributed by atoms with Gasteiger partial charge in [-0.2, -0.15) is 0 Å². The van der Waals surface area contributed by atoms with Gasteiger partial charge in [0.2, 0.25) is 0 Å². The van der Waals surface area contributed by atoms with Gasteiger partial charge in [0.05, 0.1) is 11.4 Å². The fourth-order valence-electron chi connectivity index (χ4n) is 2.12. The van der Waals surface area contributed by atoms with Gasteiger partial charge in [0.15, 0.2) is 6.29 Å². The summed E-state index contributed by atoms with van der Waals surface area (Å²) in [4.78, 5) is 11.1. The van der Waals surface area contributed by atoms with Gasteiger partial charge in [-0.25, -0.2) is 4.68 Å². The highest BCUT2D eigenvalue weighted by molar-refractivity contribution is 5.73. The number of hydrogen-bond donors (Lipinski definition) is 0. The van der Waals surface area contributed by atoms with E-state index in [1.165, 1.54) is 5.56 Å². The second-order valence-electron chi connectivity index (χ2n) is 5.34. The fourth-order valence-corrected chi connectivity index (χ4v) is 2.12. The Kier molecular flexibility index (Phi) is 3.79. The van der Waals surface area contributed by atoms with Crippen LogP contribution in [-0.4, -0.2) is 21.3 Å². The van der Waals surface area contributed by atoms with Crippen LogP contribution in [-0.2, 0) is 6.42 Å². The summed E-state index contributed by atoms with van der Waals surface area (Å²) in [5.41, 5.74) is 4.61. The Morgan fingerprint density at radius 3 is 2.68 bits per heavy atom. The first-order chi connectivity index (χ1) is 9.02. The van der Waals surface area contributed by atoms with E-state index >= 15 is 0 Å². The van der Waals surface area contributed by atoms with Crippen molar-refractivity contribution in [2.75, 3.05) is 0 Å². The Labute approximate surface area is 113 Å². The first kappa shape index (κ1) is 13.5. The Bertz CT molecular complexity index is 599. The van der Waals surface area contributed by atoms with Gasteiger partial charge in [-0.3, -0.25) is 4.79 Å². The topological polar surface area (TPSA) is 47.8 Å². The molecule has 2 aromatic rings. The average Bonchev–Trinajstić information content (AvgIpc) is 2.74. The number of benzene rings is 1. The Morgan fingerprint density at radius 1 is 1.32 bits per heavy atom. The van der Waals surface area contributed by atoms with Gasteiger partial charge in [0.1, 0.15) is 5.69 Å². The standard InChI is InChI=1S/C15H19N3O/c1-10(2)7-15-13(9-19)16-17-18(15)14-8-11(3)5-6-12(14)4/h5-6,8-10H,7H2,1-4H3. The highest BCUT2D eigenvalue weighted by Gasteiger charge is 2.16. The Morgan fingerprint density at radius 2 is 2.05 bits per heavy atom. The van der Waals surface area contributed by atoms with Crippen LogP contribution < -0.4 is 0 Å². The first-order valence-corrected chi connectivity index (χ1v) is 6.50. The molecule has 1 aromatic heterocycles. The molecule has 0 N–H and O–H groups in total. The number of aldehydes is 1. The summed E-state index contributed by atoms with van der Waals surface area (Å²) >= 11 is 0. The molecule has 0 aliphatic heterocycles. The second-order valence-corrected chi connectivity index (χ2v) is 5.34. The quantitative estimate of drug-likeness (QED) is 0.791. The third-order valence-corrected chi connectivity index (χ3v) is 3.10. The normalized spacial score (nSPS) is 11.0. The lowest BCUT2D eigenvalue weighted by atomic mass is 10.1. The predicted octanol–water partition coefficient (Wildman–Crippen LogP) is 2.90. The molecule has 4 heteroatoms. The van der Waals surface area contributed by atoms with Crippen molar-refractivity contribution in [2.24, 2.45) is 5.92 Å². The molecule has 100 valence electrons. The Balaban J connectivity index is 2.58. The van der Waals surface area contributed by atoms with Crippen molar-refractivity contribution in [1.29, 1.82) is 0 Å². The van der Waals surface area contributed by atoms with Gasteiger partial charge in [-0.1, -0.05) is 31.2 Å². The van der Waals surface area contributed by atoms with E-state index < -0.39 is 0 Å². The van der Waals surface area contributed by atoms with Gasteiger partial charge < -0.3 is 0 Å². The monoisotopic (exact) mass is 257 g/mol. The SMILES string of the molecule is Cc1ccc(C)c(-n2nnc(C=O)c2CC(C)C)c1. The summed E-state index contributed by atoms with van der Waals surface area (Å²) in [6, 6.07) is 6.20. The number of rotatable bonds is 4. The summed E-state index contributed by atoms with van der Waals surface area (Å²) < 4.78 is 1.80. The third-order valence-electron chi connectivity index (χ3n) is 3.10. The molecule has 0 aliphatic carbocycles. The van der Waals surface area contributed by atoms with Crippen LogP contribution in [0.25, 0.3) is 5.69 Å². The summed E-state index contributed by atoms with van der Waals surface area (Å²) in [5, 5.41) is 8.13. The minimum Gasteiger partial charge on any atom is -0.296 e. The fraction of sp³-hybridized carbons (Fsp3) is 0.400. The van der Waals surface area contributed by atoms with Crippen LogP contribution in [0.3, 0.4) is 0 Å². The molecule has 2 rings (SSSR count). The van der Waals surface area contributed by atoms with Crippen molar-refractivity contribution < 1.29 is 4.79 Å². The highest BCUT2D eigenvalue weighted by atomic mass is 16.1. The summed E-state index contributed by atoms with van der Waals surface area (Å²) in [6.45, 7) is 8.32. The van der Waals surface area contributed by atoms with E-state index in [4.69, 9.17) is 0 Å². The van der Waals surface area contributed by atoms with Gasteiger partial charge in [0.25, 0.3) is 0 Å². The van der Waals surface area contributed by atoms with Crippen LogP contribution in [0, 0.1) is 19.8 Å². The lowest BCUT2D eigenvalue weighted by Crippen LogP contribution is -2.08. The summed E-state index contributed by atoms with van der Waals surface area (Å²) in [5.74, 6) is 0.445. The van der Waals surface area contributed by atoms with Gasteiger partial charge in [0, 0.05) is 0 Å². The predicted molar refractivity (Wildman–Crippen MR) is 74.8 cm³/mol. The maximum atomic E-state index is 11.1. The van der Waals surface area contributed by atoms with E-state index in [1.54, 1.807) is 4.68 Å². The molecular weight excluding hydrogens is 238 g/mol. The molecule has 1 heterocycles. The molecule has 0 bridgehead atoms. The molecule has 0 atom stereocenters. The van der Waals surface area contributed by atoms with Crippen molar-refractivity contribution >= 4 is 6.29 Å². The number of carbonyl (C=O) groups excluding carboxylic acids is 1. The summed E-state index contributed by atoms with van der Waals surface area (Å²) in [6.07, 6.45) is 1.57. The van der Waals surface area contributed by atoms with E-state index in [2.05, 4.69) is 42.4 Å². The number of hydrogen-bond acceptors (Lipinski definition) is 3. The van der Waals surface area contributed by atoms with E-state index in [1.807, 2.05) is 13.8 Å². The van der Waals surface area contributed by atoms with Gasteiger partial charge in [-0.15, -0.1) is 5.10 Å². The van der Waals surface area contributed by atoms with Gasteiger partial charge >= 0.3 is 0 Å². The number of carbonyl (C=O) groups is 1. The third kappa shape index (κ3) is 2.72. The van der Waals surface area contributed by atoms with E-state index in [9.17, 15) is 4.79 Å². The van der Waals surface area contributed by atoms with Crippen molar-refractivity contribution in [3.8, 4) is 5.69 Å². The number of aryl methyl sites for hydroxylation is 2. The lowest BCUT2D eigenvalue weighted by Gasteiger charge is -2.11. The maximum absolute atomic E-state index is 11.1. The smallest absolute Gasteiger partial charge is 0.172 e. The molecule has 0 aliphatic rings. The zero-order valence-electron chi connectivity index (χ0n) is 11.8. The van der Waals surface area contributed by atoms with Gasteiger partial charge in [-0.05, 0) is 43.4 Å². The molecule has 0 radical (unpaired) electrons. The molecule has 0 saturated carbocycles. The zero-order valence-corrected chi connectivity index (χ0v) is 11.8. The largest absolute Gasteiger partial charge is 0.296 e. The number of aromatic nitrogens is 3. The van der Waals surface area contributed by atoms with Crippen LogP contribution in [0.15, 0.2) is 18.2 Å². The van der Waals surface area contributed by atoms with Crippen molar-refractivity contribution in [3.05, 3.63) is 40.7 Å². The highest BCUT2D eigenvalue weighted by Crippen LogP contribution is 2.20. The molecule has 0 unspecified atom stereocenters.